The van der Waals surface area contributed by atoms with Crippen LogP contribution in [0.4, 0.5) is 0 Å². The van der Waals surface area contributed by atoms with Crippen molar-refractivity contribution in [3.05, 3.63) is 46.8 Å². The first-order valence-corrected chi connectivity index (χ1v) is 6.74. The summed E-state index contributed by atoms with van der Waals surface area (Å²) in [6, 6.07) is 6.32. The number of aromatic nitrogens is 3. The van der Waals surface area contributed by atoms with Crippen molar-refractivity contribution in [2.45, 2.75) is 46.3 Å². The van der Waals surface area contributed by atoms with Crippen molar-refractivity contribution >= 4 is 0 Å². The van der Waals surface area contributed by atoms with Crippen LogP contribution in [-0.2, 0) is 13.0 Å². The van der Waals surface area contributed by atoms with Gasteiger partial charge in [-0.15, -0.1) is 5.10 Å². The highest BCUT2D eigenvalue weighted by Gasteiger charge is 2.15. The topological polar surface area (TPSA) is 50.9 Å². The van der Waals surface area contributed by atoms with Crippen molar-refractivity contribution in [2.75, 3.05) is 0 Å². The molecule has 4 heteroatoms. The predicted molar refractivity (Wildman–Crippen MR) is 74.9 cm³/mol. The third kappa shape index (κ3) is 3.20. The van der Waals surface area contributed by atoms with Gasteiger partial charge in [-0.1, -0.05) is 35.9 Å². The van der Waals surface area contributed by atoms with Crippen LogP contribution >= 0.6 is 0 Å². The maximum atomic E-state index is 10.4. The normalized spacial score (nSPS) is 12.6. The van der Waals surface area contributed by atoms with Gasteiger partial charge in [0.1, 0.15) is 6.10 Å². The number of aliphatic hydroxyl groups is 1. The highest BCUT2D eigenvalue weighted by molar-refractivity contribution is 5.31. The fourth-order valence-corrected chi connectivity index (χ4v) is 2.24. The molecular weight excluding hydrogens is 238 g/mol. The molecule has 1 atom stereocenters. The third-order valence-electron chi connectivity index (χ3n) is 3.34. The highest BCUT2D eigenvalue weighted by atomic mass is 16.3. The molecule has 0 amide bonds. The summed E-state index contributed by atoms with van der Waals surface area (Å²) in [6.07, 6.45) is 2.69. The fourth-order valence-electron chi connectivity index (χ4n) is 2.24. The molecule has 2 aromatic rings. The van der Waals surface area contributed by atoms with E-state index in [-0.39, 0.29) is 0 Å². The minimum Gasteiger partial charge on any atom is -0.386 e. The predicted octanol–water partition coefficient (Wildman–Crippen LogP) is 2.58. The molecule has 0 bridgehead atoms. The summed E-state index contributed by atoms with van der Waals surface area (Å²) in [5, 5.41) is 18.3. The van der Waals surface area contributed by atoms with Gasteiger partial charge >= 0.3 is 0 Å². The van der Waals surface area contributed by atoms with Gasteiger partial charge in [0.25, 0.3) is 0 Å². The second-order valence-corrected chi connectivity index (χ2v) is 5.03. The van der Waals surface area contributed by atoms with Crippen molar-refractivity contribution in [3.8, 4) is 0 Å². The van der Waals surface area contributed by atoms with Gasteiger partial charge in [0.2, 0.25) is 0 Å². The molecular formula is C15H21N3O. The van der Waals surface area contributed by atoms with Crippen LogP contribution in [0.5, 0.6) is 0 Å². The Balaban J connectivity index is 2.18. The van der Waals surface area contributed by atoms with Crippen molar-refractivity contribution in [1.82, 2.24) is 15.0 Å². The van der Waals surface area contributed by atoms with E-state index in [1.807, 2.05) is 0 Å². The molecule has 0 fully saturated rings. The summed E-state index contributed by atoms with van der Waals surface area (Å²) < 4.78 is 1.79. The minimum absolute atomic E-state index is 0.554. The first-order valence-electron chi connectivity index (χ1n) is 6.74. The van der Waals surface area contributed by atoms with Crippen LogP contribution in [0.25, 0.3) is 0 Å². The van der Waals surface area contributed by atoms with E-state index >= 15 is 0 Å². The van der Waals surface area contributed by atoms with Gasteiger partial charge < -0.3 is 5.11 Å². The molecule has 1 heterocycles. The Labute approximate surface area is 114 Å². The number of aliphatic hydroxyl groups excluding tert-OH is 1. The largest absolute Gasteiger partial charge is 0.386 e. The van der Waals surface area contributed by atoms with Crippen LogP contribution in [-0.4, -0.2) is 20.1 Å². The number of aryl methyl sites for hydroxylation is 3. The van der Waals surface area contributed by atoms with Crippen LogP contribution in [0.15, 0.2) is 24.4 Å². The van der Waals surface area contributed by atoms with E-state index in [2.05, 4.69) is 49.3 Å². The van der Waals surface area contributed by atoms with Gasteiger partial charge in [0, 0.05) is 13.0 Å². The third-order valence-corrected chi connectivity index (χ3v) is 3.34. The summed E-state index contributed by atoms with van der Waals surface area (Å²) in [6.45, 7) is 7.02. The molecule has 0 spiro atoms. The minimum atomic E-state index is -0.554. The van der Waals surface area contributed by atoms with E-state index < -0.39 is 6.10 Å². The summed E-state index contributed by atoms with van der Waals surface area (Å²) in [7, 11) is 0. The molecule has 0 radical (unpaired) electrons. The second-order valence-electron chi connectivity index (χ2n) is 5.03. The molecule has 102 valence electrons. The Kier molecular flexibility index (Phi) is 4.32. The lowest BCUT2D eigenvalue weighted by molar-refractivity contribution is 0.166. The Morgan fingerprint density at radius 2 is 2.11 bits per heavy atom. The SMILES string of the molecule is CCCn1nncc1C(O)Cc1cc(C)ccc1C. The van der Waals surface area contributed by atoms with Gasteiger partial charge in [0.05, 0.1) is 11.9 Å². The molecule has 0 aliphatic carbocycles. The molecule has 1 aromatic carbocycles. The van der Waals surface area contributed by atoms with E-state index in [0.717, 1.165) is 18.7 Å². The van der Waals surface area contributed by atoms with Crippen molar-refractivity contribution in [3.63, 3.8) is 0 Å². The number of nitrogens with zero attached hydrogens (tertiary/aromatic N) is 3. The second kappa shape index (κ2) is 5.97. The zero-order valence-electron chi connectivity index (χ0n) is 11.8. The fraction of sp³-hybridized carbons (Fsp3) is 0.467. The molecule has 1 N–H and O–H groups in total. The van der Waals surface area contributed by atoms with Gasteiger partial charge in [-0.3, -0.25) is 0 Å². The lowest BCUT2D eigenvalue weighted by Gasteiger charge is -2.14. The Morgan fingerprint density at radius 3 is 2.84 bits per heavy atom. The molecule has 0 saturated heterocycles. The molecule has 0 saturated carbocycles. The number of hydrogen-bond acceptors (Lipinski definition) is 3. The van der Waals surface area contributed by atoms with Gasteiger partial charge in [-0.2, -0.15) is 0 Å². The van der Waals surface area contributed by atoms with Crippen molar-refractivity contribution in [1.29, 1.82) is 0 Å². The summed E-state index contributed by atoms with van der Waals surface area (Å²) in [5.74, 6) is 0. The summed E-state index contributed by atoms with van der Waals surface area (Å²) in [4.78, 5) is 0. The zero-order valence-corrected chi connectivity index (χ0v) is 11.8. The van der Waals surface area contributed by atoms with E-state index in [1.54, 1.807) is 10.9 Å². The molecule has 19 heavy (non-hydrogen) atoms. The number of benzene rings is 1. The van der Waals surface area contributed by atoms with Crippen LogP contribution in [0.1, 0.15) is 41.8 Å². The Morgan fingerprint density at radius 1 is 1.32 bits per heavy atom. The van der Waals surface area contributed by atoms with Gasteiger partial charge in [0.15, 0.2) is 0 Å². The Hall–Kier alpha value is -1.68. The Bertz CT molecular complexity index is 548. The molecule has 0 aliphatic rings. The quantitative estimate of drug-likeness (QED) is 0.898. The molecule has 1 unspecified atom stereocenters. The number of hydrogen-bond donors (Lipinski definition) is 1. The van der Waals surface area contributed by atoms with Crippen molar-refractivity contribution in [2.24, 2.45) is 0 Å². The zero-order chi connectivity index (χ0) is 13.8. The van der Waals surface area contributed by atoms with Crippen LogP contribution < -0.4 is 0 Å². The summed E-state index contributed by atoms with van der Waals surface area (Å²) in [5.41, 5.74) is 4.40. The van der Waals surface area contributed by atoms with Crippen LogP contribution in [0, 0.1) is 13.8 Å². The average molecular weight is 259 g/mol. The molecule has 4 nitrogen and oxygen atoms in total. The molecule has 2 rings (SSSR count). The van der Waals surface area contributed by atoms with E-state index in [4.69, 9.17) is 0 Å². The first-order chi connectivity index (χ1) is 9.11. The summed E-state index contributed by atoms with van der Waals surface area (Å²) >= 11 is 0. The average Bonchev–Trinajstić information content (AvgIpc) is 2.82. The first kappa shape index (κ1) is 13.7. The lowest BCUT2D eigenvalue weighted by Crippen LogP contribution is -2.11. The maximum absolute atomic E-state index is 10.4. The maximum Gasteiger partial charge on any atom is 0.101 e. The van der Waals surface area contributed by atoms with Gasteiger partial charge in [-0.05, 0) is 31.4 Å². The standard InChI is InChI=1S/C15H21N3O/c1-4-7-18-14(10-16-17-18)15(19)9-13-8-11(2)5-6-12(13)3/h5-6,8,10,15,19H,4,7,9H2,1-3H3. The van der Waals surface area contributed by atoms with E-state index in [0.29, 0.717) is 6.42 Å². The van der Waals surface area contributed by atoms with Crippen LogP contribution in [0.2, 0.25) is 0 Å². The van der Waals surface area contributed by atoms with Crippen LogP contribution in [0.3, 0.4) is 0 Å². The highest BCUT2D eigenvalue weighted by Crippen LogP contribution is 2.20. The number of rotatable bonds is 5. The van der Waals surface area contributed by atoms with E-state index in [9.17, 15) is 5.11 Å². The van der Waals surface area contributed by atoms with E-state index in [1.165, 1.54) is 16.7 Å². The lowest BCUT2D eigenvalue weighted by atomic mass is 9.99. The molecule has 0 aliphatic heterocycles. The smallest absolute Gasteiger partial charge is 0.101 e. The van der Waals surface area contributed by atoms with Gasteiger partial charge in [-0.25, -0.2) is 4.68 Å². The monoisotopic (exact) mass is 259 g/mol. The van der Waals surface area contributed by atoms with Crippen molar-refractivity contribution < 1.29 is 5.11 Å². The molecule has 1 aromatic heterocycles.